The first-order valence-corrected chi connectivity index (χ1v) is 6.65. The van der Waals surface area contributed by atoms with Crippen molar-refractivity contribution in [1.82, 2.24) is 4.57 Å². The van der Waals surface area contributed by atoms with Crippen LogP contribution in [0.3, 0.4) is 0 Å². The van der Waals surface area contributed by atoms with Crippen molar-refractivity contribution in [3.05, 3.63) is 46.4 Å². The van der Waals surface area contributed by atoms with Crippen LogP contribution >= 0.6 is 15.9 Å². The van der Waals surface area contributed by atoms with E-state index in [1.54, 1.807) is 0 Å². The van der Waals surface area contributed by atoms with Gasteiger partial charge in [0.2, 0.25) is 0 Å². The quantitative estimate of drug-likeness (QED) is 0.652. The van der Waals surface area contributed by atoms with Crippen LogP contribution in [0.4, 0.5) is 0 Å². The minimum Gasteiger partial charge on any atom is -0.341 e. The molecular formula is C15H11BrN2. The molecular weight excluding hydrogens is 288 g/mol. The maximum absolute atomic E-state index is 9.02. The van der Waals surface area contributed by atoms with Crippen molar-refractivity contribution in [2.75, 3.05) is 0 Å². The predicted molar refractivity (Wildman–Crippen MR) is 77.5 cm³/mol. The summed E-state index contributed by atoms with van der Waals surface area (Å²) < 4.78 is 3.34. The van der Waals surface area contributed by atoms with Crippen molar-refractivity contribution in [3.8, 4) is 6.07 Å². The van der Waals surface area contributed by atoms with Crippen LogP contribution in [0, 0.1) is 11.3 Å². The molecule has 0 N–H and O–H groups in total. The van der Waals surface area contributed by atoms with Crippen LogP contribution < -0.4 is 0 Å². The first kappa shape index (κ1) is 11.3. The first-order chi connectivity index (χ1) is 8.74. The van der Waals surface area contributed by atoms with Gasteiger partial charge in [0.05, 0.1) is 11.6 Å². The van der Waals surface area contributed by atoms with Gasteiger partial charge in [-0.1, -0.05) is 15.9 Å². The summed E-state index contributed by atoms with van der Waals surface area (Å²) in [4.78, 5) is 0. The molecule has 0 saturated carbocycles. The van der Waals surface area contributed by atoms with Crippen LogP contribution in [0.25, 0.3) is 21.8 Å². The Labute approximate surface area is 114 Å². The first-order valence-electron chi connectivity index (χ1n) is 5.86. The van der Waals surface area contributed by atoms with Gasteiger partial charge in [-0.05, 0) is 43.3 Å². The van der Waals surface area contributed by atoms with E-state index in [0.29, 0.717) is 5.56 Å². The Morgan fingerprint density at radius 1 is 1.11 bits per heavy atom. The Morgan fingerprint density at radius 3 is 2.44 bits per heavy atom. The Kier molecular flexibility index (Phi) is 2.61. The van der Waals surface area contributed by atoms with Gasteiger partial charge < -0.3 is 4.57 Å². The van der Waals surface area contributed by atoms with E-state index < -0.39 is 0 Å². The zero-order valence-electron chi connectivity index (χ0n) is 9.94. The van der Waals surface area contributed by atoms with E-state index in [1.807, 2.05) is 18.2 Å². The number of aromatic nitrogens is 1. The van der Waals surface area contributed by atoms with E-state index >= 15 is 0 Å². The van der Waals surface area contributed by atoms with Crippen LogP contribution in [0.1, 0.15) is 12.5 Å². The Balaban J connectivity index is 2.54. The number of benzene rings is 2. The molecule has 0 saturated heterocycles. The number of hydrogen-bond acceptors (Lipinski definition) is 1. The molecule has 0 amide bonds. The number of hydrogen-bond donors (Lipinski definition) is 0. The van der Waals surface area contributed by atoms with Gasteiger partial charge in [0.1, 0.15) is 0 Å². The van der Waals surface area contributed by atoms with E-state index in [2.05, 4.69) is 51.7 Å². The van der Waals surface area contributed by atoms with E-state index in [9.17, 15) is 0 Å². The summed E-state index contributed by atoms with van der Waals surface area (Å²) in [5.74, 6) is 0. The second kappa shape index (κ2) is 4.15. The third-order valence-corrected chi connectivity index (χ3v) is 3.77. The van der Waals surface area contributed by atoms with E-state index in [0.717, 1.165) is 16.4 Å². The molecule has 0 aliphatic rings. The molecule has 0 atom stereocenters. The summed E-state index contributed by atoms with van der Waals surface area (Å²) in [5, 5.41) is 11.4. The van der Waals surface area contributed by atoms with Crippen LogP contribution in [0.5, 0.6) is 0 Å². The summed E-state index contributed by atoms with van der Waals surface area (Å²) in [6, 6.07) is 14.4. The maximum Gasteiger partial charge on any atom is 0.0991 e. The molecule has 0 bridgehead atoms. The molecule has 88 valence electrons. The van der Waals surface area contributed by atoms with E-state index in [-0.39, 0.29) is 0 Å². The van der Waals surface area contributed by atoms with E-state index in [1.165, 1.54) is 16.4 Å². The lowest BCUT2D eigenvalue weighted by molar-refractivity contribution is 0.827. The molecule has 3 aromatic rings. The van der Waals surface area contributed by atoms with Gasteiger partial charge in [-0.25, -0.2) is 0 Å². The van der Waals surface area contributed by atoms with Gasteiger partial charge in [-0.15, -0.1) is 0 Å². The Hall–Kier alpha value is -1.79. The molecule has 2 aromatic carbocycles. The van der Waals surface area contributed by atoms with Crippen LogP contribution in [0.2, 0.25) is 0 Å². The lowest BCUT2D eigenvalue weighted by Gasteiger charge is -2.02. The minimum absolute atomic E-state index is 0.706. The molecule has 0 aliphatic carbocycles. The number of rotatable bonds is 1. The van der Waals surface area contributed by atoms with Gasteiger partial charge in [0.15, 0.2) is 0 Å². The molecule has 18 heavy (non-hydrogen) atoms. The molecule has 1 aromatic heterocycles. The Bertz CT molecular complexity index is 793. The van der Waals surface area contributed by atoms with Crippen molar-refractivity contribution in [1.29, 1.82) is 5.26 Å². The summed E-state index contributed by atoms with van der Waals surface area (Å²) >= 11 is 3.51. The number of halogens is 1. The van der Waals surface area contributed by atoms with E-state index in [4.69, 9.17) is 5.26 Å². The molecule has 1 heterocycles. The highest BCUT2D eigenvalue weighted by molar-refractivity contribution is 9.10. The van der Waals surface area contributed by atoms with Crippen molar-refractivity contribution in [2.24, 2.45) is 0 Å². The fraction of sp³-hybridized carbons (Fsp3) is 0.133. The SMILES string of the molecule is CCn1c2ccc(Br)cc2c2cc(C#N)ccc21. The smallest absolute Gasteiger partial charge is 0.0991 e. The van der Waals surface area contributed by atoms with Gasteiger partial charge in [0.25, 0.3) is 0 Å². The van der Waals surface area contributed by atoms with Crippen molar-refractivity contribution >= 4 is 37.7 Å². The topological polar surface area (TPSA) is 28.7 Å². The van der Waals surface area contributed by atoms with Gasteiger partial charge in [0, 0.05) is 32.8 Å². The third kappa shape index (κ3) is 1.53. The number of aryl methyl sites for hydroxylation is 1. The highest BCUT2D eigenvalue weighted by atomic mass is 79.9. The molecule has 3 heteroatoms. The lowest BCUT2D eigenvalue weighted by atomic mass is 10.1. The highest BCUT2D eigenvalue weighted by Gasteiger charge is 2.10. The normalized spacial score (nSPS) is 10.9. The summed E-state index contributed by atoms with van der Waals surface area (Å²) in [5.41, 5.74) is 3.10. The summed E-state index contributed by atoms with van der Waals surface area (Å²) in [6.07, 6.45) is 0. The maximum atomic E-state index is 9.02. The molecule has 0 unspecified atom stereocenters. The number of nitrogens with zero attached hydrogens (tertiary/aromatic N) is 2. The predicted octanol–water partition coefficient (Wildman–Crippen LogP) is 4.45. The number of nitriles is 1. The van der Waals surface area contributed by atoms with Gasteiger partial charge in [-0.3, -0.25) is 0 Å². The second-order valence-corrected chi connectivity index (χ2v) is 5.17. The monoisotopic (exact) mass is 298 g/mol. The van der Waals surface area contributed by atoms with Crippen LogP contribution in [-0.4, -0.2) is 4.57 Å². The average molecular weight is 299 g/mol. The standard InChI is InChI=1S/C15H11BrN2/c1-2-18-14-5-3-10(9-17)7-12(14)13-8-11(16)4-6-15(13)18/h3-8H,2H2,1H3. The highest BCUT2D eigenvalue weighted by Crippen LogP contribution is 2.31. The van der Waals surface area contributed by atoms with Gasteiger partial charge >= 0.3 is 0 Å². The summed E-state index contributed by atoms with van der Waals surface area (Å²) in [6.45, 7) is 3.06. The number of fused-ring (bicyclic) bond motifs is 3. The second-order valence-electron chi connectivity index (χ2n) is 4.25. The van der Waals surface area contributed by atoms with Crippen LogP contribution in [-0.2, 0) is 6.54 Å². The fourth-order valence-corrected chi connectivity index (χ4v) is 2.85. The zero-order chi connectivity index (χ0) is 12.7. The zero-order valence-corrected chi connectivity index (χ0v) is 11.5. The molecule has 0 spiro atoms. The molecule has 0 aliphatic heterocycles. The van der Waals surface area contributed by atoms with Crippen LogP contribution in [0.15, 0.2) is 40.9 Å². The molecule has 0 fully saturated rings. The van der Waals surface area contributed by atoms with Crippen molar-refractivity contribution in [3.63, 3.8) is 0 Å². The third-order valence-electron chi connectivity index (χ3n) is 3.27. The van der Waals surface area contributed by atoms with Gasteiger partial charge in [-0.2, -0.15) is 5.26 Å². The molecule has 2 nitrogen and oxygen atoms in total. The average Bonchev–Trinajstić information content (AvgIpc) is 2.71. The Morgan fingerprint density at radius 2 is 1.78 bits per heavy atom. The van der Waals surface area contributed by atoms with Crippen molar-refractivity contribution in [2.45, 2.75) is 13.5 Å². The fourth-order valence-electron chi connectivity index (χ4n) is 2.49. The van der Waals surface area contributed by atoms with Crippen molar-refractivity contribution < 1.29 is 0 Å². The lowest BCUT2D eigenvalue weighted by Crippen LogP contribution is -1.92. The molecule has 0 radical (unpaired) electrons. The molecule has 3 rings (SSSR count). The largest absolute Gasteiger partial charge is 0.341 e. The summed E-state index contributed by atoms with van der Waals surface area (Å²) in [7, 11) is 0. The minimum atomic E-state index is 0.706.